The van der Waals surface area contributed by atoms with E-state index in [1.54, 1.807) is 17.8 Å². The van der Waals surface area contributed by atoms with Crippen LogP contribution in [0.3, 0.4) is 0 Å². The zero-order chi connectivity index (χ0) is 12.4. The maximum absolute atomic E-state index is 13.3. The smallest absolute Gasteiger partial charge is 0.190 e. The van der Waals surface area contributed by atoms with Crippen molar-refractivity contribution in [3.63, 3.8) is 0 Å². The van der Waals surface area contributed by atoms with Crippen molar-refractivity contribution in [1.82, 2.24) is 14.8 Å². The first kappa shape index (κ1) is 11.7. The van der Waals surface area contributed by atoms with E-state index >= 15 is 0 Å². The van der Waals surface area contributed by atoms with Gasteiger partial charge in [-0.05, 0) is 17.8 Å². The lowest BCUT2D eigenvalue weighted by atomic mass is 10.3. The third kappa shape index (κ3) is 2.33. The number of anilines is 1. The molecule has 1 aromatic carbocycles. The summed E-state index contributed by atoms with van der Waals surface area (Å²) in [6, 6.07) is 2.78. The number of hydrogen-bond donors (Lipinski definition) is 1. The van der Waals surface area contributed by atoms with E-state index in [4.69, 9.17) is 10.5 Å². The average Bonchev–Trinajstić information content (AvgIpc) is 2.68. The maximum Gasteiger partial charge on any atom is 0.190 e. The van der Waals surface area contributed by atoms with Gasteiger partial charge in [-0.3, -0.25) is 0 Å². The topological polar surface area (TPSA) is 66.0 Å². The molecule has 0 atom stereocenters. The summed E-state index contributed by atoms with van der Waals surface area (Å²) in [5.41, 5.74) is 6.08. The van der Waals surface area contributed by atoms with Crippen LogP contribution in [0.25, 0.3) is 0 Å². The molecule has 1 heterocycles. The number of nitrogens with two attached hydrogens (primary N) is 1. The minimum atomic E-state index is -0.479. The second-order valence-electron chi connectivity index (χ2n) is 3.29. The number of nitrogens with zero attached hydrogens (tertiary/aromatic N) is 3. The Morgan fingerprint density at radius 2 is 2.24 bits per heavy atom. The van der Waals surface area contributed by atoms with E-state index in [0.29, 0.717) is 15.7 Å². The quantitative estimate of drug-likeness (QED) is 0.844. The van der Waals surface area contributed by atoms with Crippen molar-refractivity contribution < 1.29 is 9.13 Å². The van der Waals surface area contributed by atoms with Crippen LogP contribution in [-0.4, -0.2) is 21.9 Å². The van der Waals surface area contributed by atoms with E-state index in [9.17, 15) is 4.39 Å². The summed E-state index contributed by atoms with van der Waals surface area (Å²) in [7, 11) is 3.18. The van der Waals surface area contributed by atoms with Crippen LogP contribution in [0, 0.1) is 5.82 Å². The van der Waals surface area contributed by atoms with Gasteiger partial charge in [0.15, 0.2) is 16.7 Å². The van der Waals surface area contributed by atoms with Gasteiger partial charge in [-0.25, -0.2) is 14.1 Å². The third-order valence-corrected chi connectivity index (χ3v) is 3.28. The fourth-order valence-corrected chi connectivity index (χ4v) is 2.09. The van der Waals surface area contributed by atoms with Crippen molar-refractivity contribution in [2.24, 2.45) is 7.05 Å². The lowest BCUT2D eigenvalue weighted by Crippen LogP contribution is -1.97. The van der Waals surface area contributed by atoms with E-state index < -0.39 is 5.82 Å². The number of methoxy groups -OCH3 is 1. The normalized spacial score (nSPS) is 10.5. The van der Waals surface area contributed by atoms with Crippen LogP contribution in [-0.2, 0) is 7.05 Å². The van der Waals surface area contributed by atoms with Gasteiger partial charge in [-0.1, -0.05) is 0 Å². The lowest BCUT2D eigenvalue weighted by Gasteiger charge is -2.08. The number of aryl methyl sites for hydroxylation is 1. The second kappa shape index (κ2) is 4.62. The van der Waals surface area contributed by atoms with E-state index in [1.807, 2.05) is 0 Å². The molecule has 90 valence electrons. The Morgan fingerprint density at radius 3 is 2.82 bits per heavy atom. The number of halogens is 1. The molecule has 1 aromatic heterocycles. The van der Waals surface area contributed by atoms with E-state index in [-0.39, 0.29) is 5.75 Å². The Hall–Kier alpha value is -1.76. The number of nitrogen functional groups attached to an aromatic ring is 1. The number of ether oxygens (including phenoxy) is 1. The summed E-state index contributed by atoms with van der Waals surface area (Å²) in [6.45, 7) is 0. The molecular weight excluding hydrogens is 243 g/mol. The molecule has 2 N–H and O–H groups in total. The molecule has 2 rings (SSSR count). The first-order valence-corrected chi connectivity index (χ1v) is 5.58. The van der Waals surface area contributed by atoms with E-state index in [1.165, 1.54) is 31.3 Å². The monoisotopic (exact) mass is 254 g/mol. The van der Waals surface area contributed by atoms with Gasteiger partial charge < -0.3 is 10.5 Å². The summed E-state index contributed by atoms with van der Waals surface area (Å²) in [6.07, 6.45) is 1.44. The number of aromatic nitrogens is 3. The molecule has 5 nitrogen and oxygen atoms in total. The molecule has 7 heteroatoms. The van der Waals surface area contributed by atoms with Crippen molar-refractivity contribution in [3.8, 4) is 5.75 Å². The highest BCUT2D eigenvalue weighted by molar-refractivity contribution is 7.99. The van der Waals surface area contributed by atoms with E-state index in [0.717, 1.165) is 0 Å². The molecule has 0 fully saturated rings. The summed E-state index contributed by atoms with van der Waals surface area (Å²) in [5.74, 6) is -0.323. The van der Waals surface area contributed by atoms with Gasteiger partial charge in [-0.15, -0.1) is 0 Å². The van der Waals surface area contributed by atoms with Crippen molar-refractivity contribution in [2.45, 2.75) is 10.1 Å². The average molecular weight is 254 g/mol. The van der Waals surface area contributed by atoms with Gasteiger partial charge in [0, 0.05) is 23.7 Å². The summed E-state index contributed by atoms with van der Waals surface area (Å²) in [4.78, 5) is 4.73. The first-order chi connectivity index (χ1) is 8.11. The molecule has 0 bridgehead atoms. The second-order valence-corrected chi connectivity index (χ2v) is 4.30. The van der Waals surface area contributed by atoms with Crippen LogP contribution in [0.2, 0.25) is 0 Å². The molecule has 0 aliphatic rings. The van der Waals surface area contributed by atoms with Gasteiger partial charge in [0.25, 0.3) is 0 Å². The number of benzene rings is 1. The molecular formula is C10H11FN4OS. The Bertz CT molecular complexity index is 543. The van der Waals surface area contributed by atoms with Gasteiger partial charge in [0.05, 0.1) is 7.11 Å². The molecule has 0 aliphatic carbocycles. The van der Waals surface area contributed by atoms with Crippen molar-refractivity contribution in [1.29, 1.82) is 0 Å². The standard InChI is InChI=1S/C10H11FN4OS/c1-15-10(13-5-14-15)17-9-4-8(16-2)6(11)3-7(9)12/h3-5H,12H2,1-2H3. The number of hydrogen-bond acceptors (Lipinski definition) is 5. The SMILES string of the molecule is COc1cc(Sc2ncnn2C)c(N)cc1F. The van der Waals surface area contributed by atoms with Crippen LogP contribution in [0.4, 0.5) is 10.1 Å². The highest BCUT2D eigenvalue weighted by Gasteiger charge is 2.11. The van der Waals surface area contributed by atoms with Crippen LogP contribution < -0.4 is 10.5 Å². The van der Waals surface area contributed by atoms with E-state index in [2.05, 4.69) is 10.1 Å². The predicted octanol–water partition coefficient (Wildman–Crippen LogP) is 1.70. The zero-order valence-electron chi connectivity index (χ0n) is 9.35. The highest BCUT2D eigenvalue weighted by atomic mass is 32.2. The minimum Gasteiger partial charge on any atom is -0.494 e. The fraction of sp³-hybridized carbons (Fsp3) is 0.200. The predicted molar refractivity (Wildman–Crippen MR) is 62.5 cm³/mol. The van der Waals surface area contributed by atoms with Gasteiger partial charge in [-0.2, -0.15) is 5.10 Å². The Morgan fingerprint density at radius 1 is 1.47 bits per heavy atom. The molecule has 0 spiro atoms. The molecule has 0 amide bonds. The third-order valence-electron chi connectivity index (χ3n) is 2.16. The molecule has 0 unspecified atom stereocenters. The summed E-state index contributed by atoms with van der Waals surface area (Å²) in [5, 5.41) is 4.61. The zero-order valence-corrected chi connectivity index (χ0v) is 10.2. The van der Waals surface area contributed by atoms with Crippen LogP contribution in [0.15, 0.2) is 28.5 Å². The highest BCUT2D eigenvalue weighted by Crippen LogP contribution is 2.34. The summed E-state index contributed by atoms with van der Waals surface area (Å²) < 4.78 is 19.9. The number of rotatable bonds is 3. The largest absolute Gasteiger partial charge is 0.494 e. The molecule has 17 heavy (non-hydrogen) atoms. The van der Waals surface area contributed by atoms with Crippen molar-refractivity contribution in [2.75, 3.05) is 12.8 Å². The van der Waals surface area contributed by atoms with Gasteiger partial charge >= 0.3 is 0 Å². The van der Waals surface area contributed by atoms with Crippen LogP contribution in [0.1, 0.15) is 0 Å². The fourth-order valence-electron chi connectivity index (χ4n) is 1.27. The van der Waals surface area contributed by atoms with Crippen LogP contribution >= 0.6 is 11.8 Å². The first-order valence-electron chi connectivity index (χ1n) is 4.76. The molecule has 0 aliphatic heterocycles. The maximum atomic E-state index is 13.3. The lowest BCUT2D eigenvalue weighted by molar-refractivity contribution is 0.385. The van der Waals surface area contributed by atoms with Crippen molar-refractivity contribution >= 4 is 17.4 Å². The minimum absolute atomic E-state index is 0.156. The van der Waals surface area contributed by atoms with Gasteiger partial charge in [0.2, 0.25) is 0 Å². The van der Waals surface area contributed by atoms with Gasteiger partial charge in [0.1, 0.15) is 6.33 Å². The van der Waals surface area contributed by atoms with Crippen LogP contribution in [0.5, 0.6) is 5.75 Å². The molecule has 0 saturated heterocycles. The Kier molecular flexibility index (Phi) is 3.19. The molecule has 0 saturated carbocycles. The Balaban J connectivity index is 2.36. The molecule has 2 aromatic rings. The Labute approximate surface area is 102 Å². The summed E-state index contributed by atoms with van der Waals surface area (Å²) >= 11 is 1.30. The molecule has 0 radical (unpaired) electrons. The van der Waals surface area contributed by atoms with Crippen molar-refractivity contribution in [3.05, 3.63) is 24.3 Å².